The van der Waals surface area contributed by atoms with E-state index >= 15 is 0 Å². The molecule has 2 heterocycles. The van der Waals surface area contributed by atoms with Crippen LogP contribution >= 0.6 is 0 Å². The quantitative estimate of drug-likeness (QED) is 0.904. The van der Waals surface area contributed by atoms with E-state index in [0.717, 1.165) is 0 Å². The lowest BCUT2D eigenvalue weighted by atomic mass is 10.2. The minimum atomic E-state index is -0.481. The number of ether oxygens (including phenoxy) is 2. The van der Waals surface area contributed by atoms with Crippen LogP contribution in [0.3, 0.4) is 0 Å². The number of anilines is 1. The van der Waals surface area contributed by atoms with Crippen LogP contribution in [0, 0.1) is 0 Å². The van der Waals surface area contributed by atoms with Gasteiger partial charge in [0.2, 0.25) is 0 Å². The first-order valence-corrected chi connectivity index (χ1v) is 5.74. The maximum absolute atomic E-state index is 11.8. The normalized spacial score (nSPS) is 19.1. The summed E-state index contributed by atoms with van der Waals surface area (Å²) in [6, 6.07) is 4.36. The van der Waals surface area contributed by atoms with Crippen LogP contribution in [-0.4, -0.2) is 42.7 Å². The van der Waals surface area contributed by atoms with Gasteiger partial charge in [0.15, 0.2) is 11.4 Å². The van der Waals surface area contributed by atoms with Gasteiger partial charge >= 0.3 is 6.09 Å². The number of benzene rings is 1. The Balaban J connectivity index is 2.05. The smallest absolute Gasteiger partial charge is 0.416 e. The molecule has 0 saturated carbocycles. The SMILES string of the molecule is COC[C@@H]1COC(=O)N1c1noc2cc(O)ccc12. The van der Waals surface area contributed by atoms with Gasteiger partial charge in [-0.1, -0.05) is 5.16 Å². The van der Waals surface area contributed by atoms with Crippen molar-refractivity contribution in [3.8, 4) is 5.75 Å². The molecule has 7 heteroatoms. The number of fused-ring (bicyclic) bond motifs is 1. The molecule has 2 aromatic rings. The number of methoxy groups -OCH3 is 1. The van der Waals surface area contributed by atoms with E-state index in [9.17, 15) is 9.90 Å². The summed E-state index contributed by atoms with van der Waals surface area (Å²) >= 11 is 0. The number of rotatable bonds is 3. The van der Waals surface area contributed by atoms with Crippen molar-refractivity contribution in [2.75, 3.05) is 25.2 Å². The van der Waals surface area contributed by atoms with Gasteiger partial charge in [0.05, 0.1) is 18.0 Å². The third-order valence-corrected chi connectivity index (χ3v) is 2.98. The summed E-state index contributed by atoms with van der Waals surface area (Å²) in [4.78, 5) is 13.2. The lowest BCUT2D eigenvalue weighted by Gasteiger charge is -2.17. The molecule has 1 aromatic heterocycles. The average molecular weight is 264 g/mol. The van der Waals surface area contributed by atoms with Crippen LogP contribution in [0.1, 0.15) is 0 Å². The molecule has 0 unspecified atom stereocenters. The van der Waals surface area contributed by atoms with Crippen molar-refractivity contribution < 1.29 is 23.9 Å². The Kier molecular flexibility index (Phi) is 2.75. The highest BCUT2D eigenvalue weighted by Crippen LogP contribution is 2.32. The summed E-state index contributed by atoms with van der Waals surface area (Å²) in [6.07, 6.45) is -0.481. The highest BCUT2D eigenvalue weighted by atomic mass is 16.6. The third kappa shape index (κ3) is 1.88. The van der Waals surface area contributed by atoms with Gasteiger partial charge < -0.3 is 19.1 Å². The second-order valence-corrected chi connectivity index (χ2v) is 4.24. The largest absolute Gasteiger partial charge is 0.508 e. The van der Waals surface area contributed by atoms with E-state index in [2.05, 4.69) is 5.16 Å². The molecule has 19 heavy (non-hydrogen) atoms. The molecule has 0 radical (unpaired) electrons. The molecule has 0 spiro atoms. The number of amides is 1. The fourth-order valence-electron chi connectivity index (χ4n) is 2.12. The minimum absolute atomic E-state index is 0.0765. The molecule has 1 aromatic carbocycles. The molecule has 1 amide bonds. The molecule has 0 aliphatic carbocycles. The Labute approximate surface area is 108 Å². The molecule has 1 aliphatic rings. The molecule has 1 N–H and O–H groups in total. The van der Waals surface area contributed by atoms with Crippen LogP contribution in [0.2, 0.25) is 0 Å². The summed E-state index contributed by atoms with van der Waals surface area (Å²) < 4.78 is 15.2. The first-order valence-electron chi connectivity index (χ1n) is 5.74. The van der Waals surface area contributed by atoms with Crippen molar-refractivity contribution >= 4 is 22.9 Å². The number of nitrogens with zero attached hydrogens (tertiary/aromatic N) is 2. The minimum Gasteiger partial charge on any atom is -0.508 e. The predicted molar refractivity (Wildman–Crippen MR) is 65.2 cm³/mol. The second kappa shape index (κ2) is 4.43. The predicted octanol–water partition coefficient (Wildman–Crippen LogP) is 1.50. The van der Waals surface area contributed by atoms with E-state index < -0.39 is 6.09 Å². The first-order chi connectivity index (χ1) is 9.20. The van der Waals surface area contributed by atoms with Gasteiger partial charge in [0.25, 0.3) is 0 Å². The maximum Gasteiger partial charge on any atom is 0.416 e. The van der Waals surface area contributed by atoms with E-state index in [-0.39, 0.29) is 18.4 Å². The molecule has 7 nitrogen and oxygen atoms in total. The average Bonchev–Trinajstić information content (AvgIpc) is 2.93. The van der Waals surface area contributed by atoms with Crippen molar-refractivity contribution in [1.82, 2.24) is 5.16 Å². The monoisotopic (exact) mass is 264 g/mol. The van der Waals surface area contributed by atoms with Crippen LogP contribution in [-0.2, 0) is 9.47 Å². The number of hydrogen-bond donors (Lipinski definition) is 1. The molecule has 100 valence electrons. The van der Waals surface area contributed by atoms with E-state index in [0.29, 0.717) is 23.4 Å². The molecule has 1 fully saturated rings. The Morgan fingerprint density at radius 1 is 1.58 bits per heavy atom. The summed E-state index contributed by atoms with van der Waals surface area (Å²) in [6.45, 7) is 0.595. The Bertz CT molecular complexity index is 624. The molecule has 1 aliphatic heterocycles. The highest BCUT2D eigenvalue weighted by molar-refractivity contribution is 5.99. The number of hydrogen-bond acceptors (Lipinski definition) is 6. The fraction of sp³-hybridized carbons (Fsp3) is 0.333. The zero-order valence-corrected chi connectivity index (χ0v) is 10.2. The van der Waals surface area contributed by atoms with Crippen LogP contribution in [0.15, 0.2) is 22.7 Å². The van der Waals surface area contributed by atoms with E-state index in [1.807, 2.05) is 0 Å². The highest BCUT2D eigenvalue weighted by Gasteiger charge is 2.37. The van der Waals surface area contributed by atoms with Gasteiger partial charge in [-0.25, -0.2) is 9.69 Å². The second-order valence-electron chi connectivity index (χ2n) is 4.24. The van der Waals surface area contributed by atoms with Gasteiger partial charge in [-0.3, -0.25) is 0 Å². The van der Waals surface area contributed by atoms with Gasteiger partial charge in [-0.15, -0.1) is 0 Å². The third-order valence-electron chi connectivity index (χ3n) is 2.98. The van der Waals surface area contributed by atoms with Crippen molar-refractivity contribution in [1.29, 1.82) is 0 Å². The molecular formula is C12H12N2O5. The fourth-order valence-corrected chi connectivity index (χ4v) is 2.12. The van der Waals surface area contributed by atoms with E-state index in [4.69, 9.17) is 14.0 Å². The van der Waals surface area contributed by atoms with Crippen LogP contribution in [0.5, 0.6) is 5.75 Å². The Morgan fingerprint density at radius 2 is 2.42 bits per heavy atom. The number of phenolic OH excluding ortho intramolecular Hbond substituents is 1. The Morgan fingerprint density at radius 3 is 3.21 bits per heavy atom. The van der Waals surface area contributed by atoms with E-state index in [1.165, 1.54) is 17.0 Å². The van der Waals surface area contributed by atoms with Crippen molar-refractivity contribution in [2.45, 2.75) is 6.04 Å². The van der Waals surface area contributed by atoms with Crippen LogP contribution in [0.4, 0.5) is 10.6 Å². The lowest BCUT2D eigenvalue weighted by molar-refractivity contribution is 0.156. The number of aromatic hydroxyl groups is 1. The van der Waals surface area contributed by atoms with Gasteiger partial charge in [0, 0.05) is 13.2 Å². The number of aromatic nitrogens is 1. The van der Waals surface area contributed by atoms with E-state index in [1.54, 1.807) is 13.2 Å². The summed E-state index contributed by atoms with van der Waals surface area (Å²) in [5.41, 5.74) is 0.408. The topological polar surface area (TPSA) is 85.0 Å². The molecule has 1 atom stereocenters. The number of carbonyl (C=O) groups is 1. The molecule has 0 bridgehead atoms. The van der Waals surface area contributed by atoms with Crippen LogP contribution in [0.25, 0.3) is 11.0 Å². The maximum atomic E-state index is 11.8. The molecule has 1 saturated heterocycles. The summed E-state index contributed by atoms with van der Waals surface area (Å²) in [5, 5.41) is 13.9. The first kappa shape index (κ1) is 11.8. The number of carbonyl (C=O) groups excluding carboxylic acids is 1. The van der Waals surface area contributed by atoms with Gasteiger partial charge in [-0.2, -0.15) is 0 Å². The zero-order valence-electron chi connectivity index (χ0n) is 10.2. The number of phenols is 1. The molecule has 3 rings (SSSR count). The summed E-state index contributed by atoms with van der Waals surface area (Å²) in [7, 11) is 1.56. The lowest BCUT2D eigenvalue weighted by Crippen LogP contribution is -2.36. The zero-order chi connectivity index (χ0) is 13.4. The van der Waals surface area contributed by atoms with Gasteiger partial charge in [0.1, 0.15) is 12.4 Å². The van der Waals surface area contributed by atoms with Crippen molar-refractivity contribution in [3.63, 3.8) is 0 Å². The summed E-state index contributed by atoms with van der Waals surface area (Å²) in [5.74, 6) is 0.451. The molecular weight excluding hydrogens is 252 g/mol. The van der Waals surface area contributed by atoms with Crippen LogP contribution < -0.4 is 4.90 Å². The van der Waals surface area contributed by atoms with Gasteiger partial charge in [-0.05, 0) is 12.1 Å². The Hall–Kier alpha value is -2.28. The number of cyclic esters (lactones) is 1. The van der Waals surface area contributed by atoms with Crippen molar-refractivity contribution in [2.24, 2.45) is 0 Å². The standard InChI is InChI=1S/C12H12N2O5/c1-17-5-7-6-18-12(16)14(7)11-9-3-2-8(15)4-10(9)19-13-11/h2-4,7,15H,5-6H2,1H3/t7-/m1/s1. The van der Waals surface area contributed by atoms with Crippen molar-refractivity contribution in [3.05, 3.63) is 18.2 Å².